The summed E-state index contributed by atoms with van der Waals surface area (Å²) in [5.41, 5.74) is 0.206. The number of carbonyl (C=O) groups is 3. The average Bonchev–Trinajstić information content (AvgIpc) is 3.06. The first-order valence-electron chi connectivity index (χ1n) is 7.32. The molecule has 4 atom stereocenters. The third-order valence-electron chi connectivity index (χ3n) is 3.50. The monoisotopic (exact) mass is 411 g/mol. The van der Waals surface area contributed by atoms with Crippen LogP contribution in [0.5, 0.6) is 0 Å². The van der Waals surface area contributed by atoms with E-state index in [4.69, 9.17) is 7.57 Å². The minimum atomic E-state index is -1.16. The molecule has 1 N–H and O–H groups in total. The summed E-state index contributed by atoms with van der Waals surface area (Å²) in [6.07, 6.45) is 0.323. The van der Waals surface area contributed by atoms with Gasteiger partial charge in [-0.2, -0.15) is 0 Å². The van der Waals surface area contributed by atoms with Gasteiger partial charge < -0.3 is 5.11 Å². The molecule has 0 bridgehead atoms. The third kappa shape index (κ3) is 5.85. The predicted molar refractivity (Wildman–Crippen MR) is 109 cm³/mol. The van der Waals surface area contributed by atoms with Gasteiger partial charge in [-0.1, -0.05) is 12.6 Å². The highest BCUT2D eigenvalue weighted by Gasteiger charge is 2.34. The van der Waals surface area contributed by atoms with Crippen LogP contribution in [0.2, 0.25) is 0 Å². The van der Waals surface area contributed by atoms with Gasteiger partial charge in [-0.3, -0.25) is 14.6 Å². The molecule has 0 spiro atoms. The average molecular weight is 411 g/mol. The summed E-state index contributed by atoms with van der Waals surface area (Å²) < 4.78 is 0. The molecule has 0 aliphatic carbocycles. The summed E-state index contributed by atoms with van der Waals surface area (Å²) in [7, 11) is 5.41. The lowest BCUT2D eigenvalue weighted by Gasteiger charge is -2.26. The molecule has 2 unspecified atom stereocenters. The number of carbonyl (C=O) groups excluding carboxylic acids is 2. The fourth-order valence-electron chi connectivity index (χ4n) is 2.33. The van der Waals surface area contributed by atoms with E-state index in [-0.39, 0.29) is 46.3 Å². The van der Waals surface area contributed by atoms with E-state index in [2.05, 4.69) is 11.6 Å². The Labute approximate surface area is 159 Å². The summed E-state index contributed by atoms with van der Waals surface area (Å²) in [6, 6.07) is 3.75. The van der Waals surface area contributed by atoms with Crippen molar-refractivity contribution in [2.75, 3.05) is 5.75 Å². The molecule has 25 heavy (non-hydrogen) atoms. The summed E-state index contributed by atoms with van der Waals surface area (Å²) in [6.45, 7) is 3.70. The van der Waals surface area contributed by atoms with E-state index in [0.29, 0.717) is 11.3 Å². The first-order valence-corrected chi connectivity index (χ1v) is 12.3. The fourth-order valence-corrected chi connectivity index (χ4v) is 5.90. The molecule has 130 valence electrons. The number of Topliss-reactive ketones (excluding diaryl/α,β-unsaturated/α-hetero) is 1. The Kier molecular flexibility index (Phi) is 8.02. The first kappa shape index (κ1) is 20.5. The van der Waals surface area contributed by atoms with Crippen LogP contribution in [0, 0.1) is 5.92 Å². The molecule has 2 heterocycles. The van der Waals surface area contributed by atoms with Gasteiger partial charge in [0.2, 0.25) is 0 Å². The molecule has 0 saturated heterocycles. The van der Waals surface area contributed by atoms with Crippen LogP contribution in [0.15, 0.2) is 34.7 Å². The Hall–Kier alpha value is -0.805. The first-order chi connectivity index (χ1) is 11.9. The molecule has 1 aromatic heterocycles. The molecular formula is C15H16BNO4P2S2. The number of nitrogens with zero attached hydrogens (tertiary/aromatic N) is 1. The molecule has 0 amide bonds. The van der Waals surface area contributed by atoms with Crippen LogP contribution in [0.4, 0.5) is 0 Å². The summed E-state index contributed by atoms with van der Waals surface area (Å²) in [4.78, 5) is 41.3. The topological polar surface area (TPSA) is 83.8 Å². The number of rotatable bonds is 9. The molecule has 2 radical (unpaired) electrons. The van der Waals surface area contributed by atoms with Crippen LogP contribution >= 0.6 is 39.5 Å². The Bertz CT molecular complexity index is 708. The Morgan fingerprint density at radius 2 is 2.24 bits per heavy atom. The number of thioether (sulfide) groups is 1. The van der Waals surface area contributed by atoms with Crippen molar-refractivity contribution in [2.45, 2.75) is 18.2 Å². The van der Waals surface area contributed by atoms with Crippen molar-refractivity contribution >= 4 is 70.1 Å². The zero-order valence-electron chi connectivity index (χ0n) is 13.2. The lowest BCUT2D eigenvalue weighted by molar-refractivity contribution is -0.129. The summed E-state index contributed by atoms with van der Waals surface area (Å²) in [5, 5.41) is 10.5. The zero-order chi connectivity index (χ0) is 18.4. The molecule has 0 saturated carbocycles. The highest BCUT2D eigenvalue weighted by atomic mass is 32.2. The van der Waals surface area contributed by atoms with Gasteiger partial charge in [0.25, 0.3) is 0 Å². The quantitative estimate of drug-likeness (QED) is 0.499. The van der Waals surface area contributed by atoms with Crippen LogP contribution in [0.1, 0.15) is 11.3 Å². The van der Waals surface area contributed by atoms with Crippen molar-refractivity contribution in [3.63, 3.8) is 0 Å². The summed E-state index contributed by atoms with van der Waals surface area (Å²) >= 11 is 2.84. The van der Waals surface area contributed by atoms with E-state index < -0.39 is 17.3 Å². The summed E-state index contributed by atoms with van der Waals surface area (Å²) in [5.74, 6) is -1.47. The van der Waals surface area contributed by atoms with E-state index in [0.717, 1.165) is 4.88 Å². The van der Waals surface area contributed by atoms with Crippen LogP contribution < -0.4 is 0 Å². The number of hydrogen-bond acceptors (Lipinski definition) is 6. The number of ketones is 1. The van der Waals surface area contributed by atoms with E-state index in [1.165, 1.54) is 23.1 Å². The van der Waals surface area contributed by atoms with Crippen LogP contribution in [0.3, 0.4) is 0 Å². The maximum absolute atomic E-state index is 12.5. The number of aliphatic imine (C=N–C) groups is 1. The van der Waals surface area contributed by atoms with Gasteiger partial charge in [-0.25, -0.2) is 4.79 Å². The van der Waals surface area contributed by atoms with Crippen molar-refractivity contribution in [3.05, 3.63) is 34.5 Å². The third-order valence-corrected chi connectivity index (χ3v) is 7.60. The molecule has 1 aliphatic heterocycles. The van der Waals surface area contributed by atoms with E-state index >= 15 is 0 Å². The number of carboxylic acids is 1. The van der Waals surface area contributed by atoms with Gasteiger partial charge in [0.1, 0.15) is 24.4 Å². The van der Waals surface area contributed by atoms with Gasteiger partial charge in [0.05, 0.1) is 5.92 Å². The van der Waals surface area contributed by atoms with Gasteiger partial charge in [0, 0.05) is 23.5 Å². The molecule has 10 heteroatoms. The largest absolute Gasteiger partial charge is 0.477 e. The Morgan fingerprint density at radius 1 is 1.48 bits per heavy atom. The lowest BCUT2D eigenvalue weighted by Crippen LogP contribution is -2.32. The Balaban J connectivity index is 2.17. The Morgan fingerprint density at radius 3 is 2.84 bits per heavy atom. The number of aliphatic carboxylic acids is 1. The van der Waals surface area contributed by atoms with Gasteiger partial charge in [-0.15, -0.1) is 31.2 Å². The van der Waals surface area contributed by atoms with E-state index in [1.54, 1.807) is 0 Å². The smallest absolute Gasteiger partial charge is 0.354 e. The SMILES string of the molecule is [B]PPC(=O)[C@@H](CC(=O)Cc1cccs1)[C@@H]1N=C(C(=O)O)C(=C)CS1. The highest BCUT2D eigenvalue weighted by molar-refractivity contribution is 8.28. The standard InChI is InChI=1S/C15H16BNO4P2S2/c1-8-7-25-13(17-12(8)14(19)20)11(15(21)22-23-16)6-9(18)5-10-3-2-4-24-10/h2-4,11,13,22-23H,1,5-7H2,(H,19,20)/t11-,13+/m0/s1. The van der Waals surface area contributed by atoms with E-state index in [1.807, 2.05) is 17.5 Å². The zero-order valence-corrected chi connectivity index (χ0v) is 16.9. The predicted octanol–water partition coefficient (Wildman–Crippen LogP) is 2.90. The van der Waals surface area contributed by atoms with Crippen LogP contribution in [-0.2, 0) is 20.8 Å². The van der Waals surface area contributed by atoms with Crippen molar-refractivity contribution in [2.24, 2.45) is 10.9 Å². The second-order valence-electron chi connectivity index (χ2n) is 5.33. The number of hydrogen-bond donors (Lipinski definition) is 1. The maximum atomic E-state index is 12.5. The number of carboxylic acid groups (broad SMARTS) is 1. The van der Waals surface area contributed by atoms with Gasteiger partial charge in [-0.05, 0) is 25.3 Å². The van der Waals surface area contributed by atoms with Crippen molar-refractivity contribution in [3.8, 4) is 0 Å². The molecule has 1 aliphatic rings. The second kappa shape index (κ2) is 9.77. The lowest BCUT2D eigenvalue weighted by atomic mass is 10.0. The molecule has 1 aromatic rings. The highest BCUT2D eigenvalue weighted by Crippen LogP contribution is 2.41. The van der Waals surface area contributed by atoms with Crippen LogP contribution in [0.25, 0.3) is 0 Å². The minimum Gasteiger partial charge on any atom is -0.477 e. The molecule has 5 nitrogen and oxygen atoms in total. The van der Waals surface area contributed by atoms with Crippen molar-refractivity contribution < 1.29 is 19.5 Å². The second-order valence-corrected chi connectivity index (χ2v) is 10.1. The minimum absolute atomic E-state index is 0.0181. The van der Waals surface area contributed by atoms with Gasteiger partial charge in [0.15, 0.2) is 5.52 Å². The van der Waals surface area contributed by atoms with Crippen LogP contribution in [-0.4, -0.2) is 46.8 Å². The molecule has 0 fully saturated rings. The van der Waals surface area contributed by atoms with Crippen molar-refractivity contribution in [1.82, 2.24) is 0 Å². The molecule has 2 rings (SSSR count). The maximum Gasteiger partial charge on any atom is 0.354 e. The molecular weight excluding hydrogens is 395 g/mol. The normalized spacial score (nSPS) is 19.4. The number of thiophene rings is 1. The van der Waals surface area contributed by atoms with Crippen molar-refractivity contribution in [1.29, 1.82) is 0 Å². The fraction of sp³-hybridized carbons (Fsp3) is 0.333. The molecule has 0 aromatic carbocycles. The van der Waals surface area contributed by atoms with Gasteiger partial charge >= 0.3 is 5.97 Å². The van der Waals surface area contributed by atoms with E-state index in [9.17, 15) is 19.5 Å².